The van der Waals surface area contributed by atoms with Gasteiger partial charge in [-0.1, -0.05) is 30.3 Å². The highest BCUT2D eigenvalue weighted by Gasteiger charge is 2.32. The minimum absolute atomic E-state index is 0.110. The molecule has 6 heteroatoms. The standard InChI is InChI=1S/C23H25NO4S/c1-22(2)12-16-8-6-9-17(21(16)28-22)27-13-20(25)24-14-23(3,26)19-11-15-7-4-5-10-18(15)29-19/h4-11,26H,12-14H2,1-3H3,(H,24,25)/t23-/m1/s1. The average molecular weight is 412 g/mol. The number of fused-ring (bicyclic) bond motifs is 2. The lowest BCUT2D eigenvalue weighted by Gasteiger charge is -2.22. The third kappa shape index (κ3) is 4.23. The Balaban J connectivity index is 1.35. The zero-order valence-corrected chi connectivity index (χ0v) is 17.6. The molecule has 0 saturated heterocycles. The molecule has 3 aromatic rings. The van der Waals surface area contributed by atoms with Crippen molar-refractivity contribution in [1.82, 2.24) is 5.32 Å². The minimum atomic E-state index is -1.15. The Bertz CT molecular complexity index is 1020. The van der Waals surface area contributed by atoms with E-state index >= 15 is 0 Å². The number of thiophene rings is 1. The second-order valence-corrected chi connectivity index (χ2v) is 9.35. The van der Waals surface area contributed by atoms with Crippen molar-refractivity contribution in [1.29, 1.82) is 0 Å². The fourth-order valence-electron chi connectivity index (χ4n) is 3.50. The molecule has 29 heavy (non-hydrogen) atoms. The summed E-state index contributed by atoms with van der Waals surface area (Å²) in [4.78, 5) is 13.1. The minimum Gasteiger partial charge on any atom is -0.483 e. The first-order chi connectivity index (χ1) is 13.7. The Hall–Kier alpha value is -2.57. The summed E-state index contributed by atoms with van der Waals surface area (Å²) in [6.07, 6.45) is 0.809. The van der Waals surface area contributed by atoms with E-state index in [1.807, 2.05) is 56.3 Å². The number of nitrogens with one attached hydrogen (secondary N) is 1. The Morgan fingerprint density at radius 3 is 2.86 bits per heavy atom. The molecule has 5 nitrogen and oxygen atoms in total. The molecule has 2 aromatic carbocycles. The van der Waals surface area contributed by atoms with E-state index in [4.69, 9.17) is 9.47 Å². The second kappa shape index (κ2) is 7.35. The molecule has 0 spiro atoms. The van der Waals surface area contributed by atoms with Gasteiger partial charge >= 0.3 is 0 Å². The Labute approximate surface area is 174 Å². The lowest BCUT2D eigenvalue weighted by molar-refractivity contribution is -0.124. The predicted octanol–water partition coefficient (Wildman–Crippen LogP) is 4.02. The normalized spacial score (nSPS) is 16.7. The molecule has 1 atom stereocenters. The van der Waals surface area contributed by atoms with Crippen LogP contribution in [0.25, 0.3) is 10.1 Å². The van der Waals surface area contributed by atoms with Crippen molar-refractivity contribution < 1.29 is 19.4 Å². The van der Waals surface area contributed by atoms with Gasteiger partial charge in [0.2, 0.25) is 0 Å². The molecule has 0 fully saturated rings. The number of ether oxygens (including phenoxy) is 2. The number of para-hydroxylation sites is 1. The van der Waals surface area contributed by atoms with Gasteiger partial charge in [0.1, 0.15) is 11.2 Å². The Morgan fingerprint density at radius 2 is 2.07 bits per heavy atom. The number of amides is 1. The maximum atomic E-state index is 12.3. The number of aliphatic hydroxyl groups is 1. The van der Waals surface area contributed by atoms with Crippen LogP contribution in [0.15, 0.2) is 48.5 Å². The molecule has 2 heterocycles. The summed E-state index contributed by atoms with van der Waals surface area (Å²) in [7, 11) is 0. The van der Waals surface area contributed by atoms with Crippen LogP contribution in [0.2, 0.25) is 0 Å². The number of carbonyl (C=O) groups excluding carboxylic acids is 1. The number of carbonyl (C=O) groups is 1. The van der Waals surface area contributed by atoms with Crippen molar-refractivity contribution in [2.45, 2.75) is 38.4 Å². The number of benzene rings is 2. The molecule has 1 aromatic heterocycles. The van der Waals surface area contributed by atoms with Gasteiger partial charge in [-0.2, -0.15) is 0 Å². The van der Waals surface area contributed by atoms with Crippen LogP contribution in [0.1, 0.15) is 31.2 Å². The van der Waals surface area contributed by atoms with Crippen molar-refractivity contribution >= 4 is 27.3 Å². The molecule has 152 valence electrons. The summed E-state index contributed by atoms with van der Waals surface area (Å²) < 4.78 is 12.8. The zero-order valence-electron chi connectivity index (χ0n) is 16.8. The fraction of sp³-hybridized carbons (Fsp3) is 0.348. The van der Waals surface area contributed by atoms with E-state index in [0.717, 1.165) is 26.9 Å². The molecule has 2 N–H and O–H groups in total. The van der Waals surface area contributed by atoms with Crippen LogP contribution in [0.3, 0.4) is 0 Å². The maximum Gasteiger partial charge on any atom is 0.258 e. The summed E-state index contributed by atoms with van der Waals surface area (Å²) in [5.41, 5.74) is -0.339. The predicted molar refractivity (Wildman–Crippen MR) is 115 cm³/mol. The molecule has 4 rings (SSSR count). The highest BCUT2D eigenvalue weighted by molar-refractivity contribution is 7.19. The van der Waals surface area contributed by atoms with Crippen LogP contribution >= 0.6 is 11.3 Å². The first kappa shape index (κ1) is 19.7. The molecular formula is C23H25NO4S. The van der Waals surface area contributed by atoms with Gasteiger partial charge in [0, 0.05) is 21.6 Å². The van der Waals surface area contributed by atoms with Crippen molar-refractivity contribution in [3.05, 3.63) is 59.0 Å². The van der Waals surface area contributed by atoms with Gasteiger partial charge in [-0.15, -0.1) is 11.3 Å². The van der Waals surface area contributed by atoms with Gasteiger partial charge in [0.05, 0.1) is 6.54 Å². The van der Waals surface area contributed by atoms with E-state index in [9.17, 15) is 9.90 Å². The van der Waals surface area contributed by atoms with Crippen LogP contribution in [-0.4, -0.2) is 29.8 Å². The van der Waals surface area contributed by atoms with Gasteiger partial charge in [-0.3, -0.25) is 4.79 Å². The number of rotatable bonds is 6. The third-order valence-electron chi connectivity index (χ3n) is 5.00. The largest absolute Gasteiger partial charge is 0.483 e. The fourth-order valence-corrected chi connectivity index (χ4v) is 4.61. The summed E-state index contributed by atoms with van der Waals surface area (Å²) in [6.45, 7) is 5.74. The first-order valence-corrected chi connectivity index (χ1v) is 10.5. The smallest absolute Gasteiger partial charge is 0.258 e. The quantitative estimate of drug-likeness (QED) is 0.643. The molecule has 0 aliphatic carbocycles. The van der Waals surface area contributed by atoms with E-state index in [0.29, 0.717) is 11.5 Å². The molecule has 0 bridgehead atoms. The van der Waals surface area contributed by atoms with Crippen LogP contribution in [-0.2, 0) is 16.8 Å². The van der Waals surface area contributed by atoms with E-state index in [1.165, 1.54) is 11.3 Å². The second-order valence-electron chi connectivity index (χ2n) is 8.27. The average Bonchev–Trinajstić information content (AvgIpc) is 3.24. The van der Waals surface area contributed by atoms with Gasteiger partial charge in [-0.25, -0.2) is 0 Å². The number of hydrogen-bond acceptors (Lipinski definition) is 5. The summed E-state index contributed by atoms with van der Waals surface area (Å²) in [6, 6.07) is 15.7. The summed E-state index contributed by atoms with van der Waals surface area (Å²) in [5, 5.41) is 14.7. The third-order valence-corrected chi connectivity index (χ3v) is 6.37. The zero-order chi connectivity index (χ0) is 20.6. The molecule has 0 saturated carbocycles. The van der Waals surface area contributed by atoms with Crippen LogP contribution < -0.4 is 14.8 Å². The topological polar surface area (TPSA) is 67.8 Å². The first-order valence-electron chi connectivity index (χ1n) is 9.65. The van der Waals surface area contributed by atoms with Crippen molar-refractivity contribution in [3.8, 4) is 11.5 Å². The van der Waals surface area contributed by atoms with Gasteiger partial charge < -0.3 is 19.9 Å². The van der Waals surface area contributed by atoms with Gasteiger partial charge in [-0.05, 0) is 44.4 Å². The van der Waals surface area contributed by atoms with E-state index < -0.39 is 5.60 Å². The summed E-state index contributed by atoms with van der Waals surface area (Å²) >= 11 is 1.53. The van der Waals surface area contributed by atoms with E-state index in [2.05, 4.69) is 5.32 Å². The molecule has 0 radical (unpaired) electrons. The SMILES string of the molecule is CC1(C)Cc2cccc(OCC(=O)NC[C@@](C)(O)c3cc4ccccc4s3)c2O1. The monoisotopic (exact) mass is 411 g/mol. The molecular weight excluding hydrogens is 386 g/mol. The van der Waals surface area contributed by atoms with Crippen molar-refractivity contribution in [2.75, 3.05) is 13.2 Å². The molecule has 0 unspecified atom stereocenters. The van der Waals surface area contributed by atoms with Crippen LogP contribution in [0, 0.1) is 0 Å². The van der Waals surface area contributed by atoms with Gasteiger partial charge in [0.25, 0.3) is 5.91 Å². The summed E-state index contributed by atoms with van der Waals surface area (Å²) in [5.74, 6) is 0.989. The van der Waals surface area contributed by atoms with E-state index in [-0.39, 0.29) is 24.7 Å². The highest BCUT2D eigenvalue weighted by atomic mass is 32.1. The Kier molecular flexibility index (Phi) is 5.00. The van der Waals surface area contributed by atoms with Crippen LogP contribution in [0.5, 0.6) is 11.5 Å². The lowest BCUT2D eigenvalue weighted by Crippen LogP contribution is -2.40. The molecule has 1 amide bonds. The lowest BCUT2D eigenvalue weighted by atomic mass is 10.0. The van der Waals surface area contributed by atoms with Crippen molar-refractivity contribution in [3.63, 3.8) is 0 Å². The van der Waals surface area contributed by atoms with Crippen molar-refractivity contribution in [2.24, 2.45) is 0 Å². The number of hydrogen-bond donors (Lipinski definition) is 2. The Morgan fingerprint density at radius 1 is 1.28 bits per heavy atom. The van der Waals surface area contributed by atoms with Crippen LogP contribution in [0.4, 0.5) is 0 Å². The highest BCUT2D eigenvalue weighted by Crippen LogP contribution is 2.41. The van der Waals surface area contributed by atoms with Gasteiger partial charge in [0.15, 0.2) is 18.1 Å². The van der Waals surface area contributed by atoms with E-state index in [1.54, 1.807) is 13.0 Å². The maximum absolute atomic E-state index is 12.3. The molecule has 1 aliphatic heterocycles. The molecule has 1 aliphatic rings.